The highest BCUT2D eigenvalue weighted by Crippen LogP contribution is 2.21. The molecule has 1 aliphatic heterocycles. The van der Waals surface area contributed by atoms with Gasteiger partial charge < -0.3 is 15.5 Å². The summed E-state index contributed by atoms with van der Waals surface area (Å²) in [5.74, 6) is -0.0249. The third-order valence-electron chi connectivity index (χ3n) is 4.56. The SMILES string of the molecule is O=C(CCNC(=O)N1Cc2ccccc2C1)NCCCc1ccccc1. The maximum atomic E-state index is 12.2. The molecule has 1 heterocycles. The van der Waals surface area contributed by atoms with Crippen molar-refractivity contribution in [3.8, 4) is 0 Å². The summed E-state index contributed by atoms with van der Waals surface area (Å²) in [5.41, 5.74) is 3.67. The summed E-state index contributed by atoms with van der Waals surface area (Å²) in [6.45, 7) is 2.28. The third-order valence-corrected chi connectivity index (χ3v) is 4.56. The molecule has 0 aromatic heterocycles. The second-order valence-electron chi connectivity index (χ2n) is 6.55. The van der Waals surface area contributed by atoms with Gasteiger partial charge in [0.1, 0.15) is 0 Å². The lowest BCUT2D eigenvalue weighted by atomic mass is 10.1. The first kappa shape index (κ1) is 18.0. The fourth-order valence-electron chi connectivity index (χ4n) is 3.12. The van der Waals surface area contributed by atoms with Gasteiger partial charge in [-0.15, -0.1) is 0 Å². The predicted molar refractivity (Wildman–Crippen MR) is 101 cm³/mol. The highest BCUT2D eigenvalue weighted by Gasteiger charge is 2.22. The highest BCUT2D eigenvalue weighted by atomic mass is 16.2. The van der Waals surface area contributed by atoms with Crippen LogP contribution in [0.5, 0.6) is 0 Å². The number of carbonyl (C=O) groups is 2. The van der Waals surface area contributed by atoms with Gasteiger partial charge in [0.25, 0.3) is 0 Å². The van der Waals surface area contributed by atoms with E-state index in [1.165, 1.54) is 16.7 Å². The van der Waals surface area contributed by atoms with Crippen LogP contribution in [0.2, 0.25) is 0 Å². The summed E-state index contributed by atoms with van der Waals surface area (Å²) in [6, 6.07) is 18.2. The maximum absolute atomic E-state index is 12.2. The van der Waals surface area contributed by atoms with Crippen LogP contribution in [0.25, 0.3) is 0 Å². The molecule has 5 heteroatoms. The van der Waals surface area contributed by atoms with Gasteiger partial charge in [-0.05, 0) is 29.5 Å². The van der Waals surface area contributed by atoms with Crippen LogP contribution in [0.1, 0.15) is 29.5 Å². The molecule has 0 saturated carbocycles. The molecular formula is C21H25N3O2. The second kappa shape index (κ2) is 9.04. The number of nitrogens with one attached hydrogen (secondary N) is 2. The number of nitrogens with zero attached hydrogens (tertiary/aromatic N) is 1. The molecule has 2 N–H and O–H groups in total. The fraction of sp³-hybridized carbons (Fsp3) is 0.333. The Bertz CT molecular complexity index is 721. The molecule has 136 valence electrons. The first-order valence-electron chi connectivity index (χ1n) is 9.12. The van der Waals surface area contributed by atoms with Crippen LogP contribution >= 0.6 is 0 Å². The number of carbonyl (C=O) groups excluding carboxylic acids is 2. The first-order chi connectivity index (χ1) is 12.7. The number of aryl methyl sites for hydroxylation is 1. The van der Waals surface area contributed by atoms with Gasteiger partial charge in [0.05, 0.1) is 0 Å². The third kappa shape index (κ3) is 5.09. The Balaban J connectivity index is 1.27. The molecule has 0 atom stereocenters. The van der Waals surface area contributed by atoms with E-state index in [2.05, 4.69) is 22.8 Å². The van der Waals surface area contributed by atoms with Crippen molar-refractivity contribution in [1.29, 1.82) is 0 Å². The summed E-state index contributed by atoms with van der Waals surface area (Å²) in [6.07, 6.45) is 2.17. The highest BCUT2D eigenvalue weighted by molar-refractivity contribution is 5.78. The van der Waals surface area contributed by atoms with E-state index >= 15 is 0 Å². The molecule has 3 rings (SSSR count). The van der Waals surface area contributed by atoms with Crippen LogP contribution in [-0.2, 0) is 24.3 Å². The van der Waals surface area contributed by atoms with E-state index in [1.54, 1.807) is 4.90 Å². The molecule has 0 spiro atoms. The monoisotopic (exact) mass is 351 g/mol. The van der Waals surface area contributed by atoms with Crippen LogP contribution in [0.4, 0.5) is 4.79 Å². The standard InChI is InChI=1S/C21H25N3O2/c25-20(22-13-6-9-17-7-2-1-3-8-17)12-14-23-21(26)24-15-18-10-4-5-11-19(18)16-24/h1-5,7-8,10-11H,6,9,12-16H2,(H,22,25)(H,23,26). The molecule has 0 radical (unpaired) electrons. The van der Waals surface area contributed by atoms with Gasteiger partial charge in [0.15, 0.2) is 0 Å². The summed E-state index contributed by atoms with van der Waals surface area (Å²) in [5, 5.41) is 5.74. The van der Waals surface area contributed by atoms with Crippen LogP contribution in [0.3, 0.4) is 0 Å². The van der Waals surface area contributed by atoms with Crippen LogP contribution in [-0.4, -0.2) is 29.9 Å². The molecule has 0 unspecified atom stereocenters. The van der Waals surface area contributed by atoms with Gasteiger partial charge >= 0.3 is 6.03 Å². The molecule has 5 nitrogen and oxygen atoms in total. The Morgan fingerprint density at radius 3 is 2.19 bits per heavy atom. The van der Waals surface area contributed by atoms with Gasteiger partial charge in [-0.25, -0.2) is 4.79 Å². The average Bonchev–Trinajstić information content (AvgIpc) is 3.10. The normalized spacial score (nSPS) is 12.5. The summed E-state index contributed by atoms with van der Waals surface area (Å²) in [7, 11) is 0. The molecule has 3 amide bonds. The van der Waals surface area contributed by atoms with Gasteiger partial charge in [-0.2, -0.15) is 0 Å². The molecule has 2 aromatic rings. The lowest BCUT2D eigenvalue weighted by Crippen LogP contribution is -2.38. The molecule has 0 saturated heterocycles. The van der Waals surface area contributed by atoms with E-state index in [0.717, 1.165) is 12.8 Å². The minimum atomic E-state index is -0.113. The zero-order valence-corrected chi connectivity index (χ0v) is 14.9. The number of amides is 3. The first-order valence-corrected chi connectivity index (χ1v) is 9.12. The zero-order chi connectivity index (χ0) is 18.2. The van der Waals surface area contributed by atoms with E-state index in [9.17, 15) is 9.59 Å². The van der Waals surface area contributed by atoms with Crippen molar-refractivity contribution < 1.29 is 9.59 Å². The molecule has 0 aliphatic carbocycles. The Labute approximate surface area is 154 Å². The lowest BCUT2D eigenvalue weighted by molar-refractivity contribution is -0.120. The van der Waals surface area contributed by atoms with E-state index in [-0.39, 0.29) is 11.9 Å². The van der Waals surface area contributed by atoms with Crippen molar-refractivity contribution in [3.05, 3.63) is 71.3 Å². The molecule has 1 aliphatic rings. The van der Waals surface area contributed by atoms with Crippen molar-refractivity contribution in [2.24, 2.45) is 0 Å². The van der Waals surface area contributed by atoms with Crippen molar-refractivity contribution >= 4 is 11.9 Å². The smallest absolute Gasteiger partial charge is 0.318 e. The van der Waals surface area contributed by atoms with Gasteiger partial charge in [-0.3, -0.25) is 4.79 Å². The Hall–Kier alpha value is -2.82. The molecule has 26 heavy (non-hydrogen) atoms. The Morgan fingerprint density at radius 1 is 0.846 bits per heavy atom. The summed E-state index contributed by atoms with van der Waals surface area (Å²) in [4.78, 5) is 25.8. The largest absolute Gasteiger partial charge is 0.356 e. The number of urea groups is 1. The summed E-state index contributed by atoms with van der Waals surface area (Å²) >= 11 is 0. The molecule has 2 aromatic carbocycles. The van der Waals surface area contributed by atoms with E-state index in [0.29, 0.717) is 32.6 Å². The molecule has 0 bridgehead atoms. The van der Waals surface area contributed by atoms with Crippen LogP contribution < -0.4 is 10.6 Å². The van der Waals surface area contributed by atoms with Crippen molar-refractivity contribution in [1.82, 2.24) is 15.5 Å². The van der Waals surface area contributed by atoms with Gasteiger partial charge in [0.2, 0.25) is 5.91 Å². The number of hydrogen-bond acceptors (Lipinski definition) is 2. The van der Waals surface area contributed by atoms with Crippen molar-refractivity contribution in [2.45, 2.75) is 32.4 Å². The fourth-order valence-corrected chi connectivity index (χ4v) is 3.12. The van der Waals surface area contributed by atoms with E-state index in [1.807, 2.05) is 42.5 Å². The topological polar surface area (TPSA) is 61.4 Å². The minimum absolute atomic E-state index is 0.0249. The average molecular weight is 351 g/mol. The minimum Gasteiger partial charge on any atom is -0.356 e. The maximum Gasteiger partial charge on any atom is 0.318 e. The van der Waals surface area contributed by atoms with E-state index < -0.39 is 0 Å². The van der Waals surface area contributed by atoms with Crippen molar-refractivity contribution in [3.63, 3.8) is 0 Å². The van der Waals surface area contributed by atoms with Crippen LogP contribution in [0.15, 0.2) is 54.6 Å². The quantitative estimate of drug-likeness (QED) is 0.754. The Morgan fingerprint density at radius 2 is 1.50 bits per heavy atom. The number of rotatable bonds is 7. The molecule has 0 fully saturated rings. The van der Waals surface area contributed by atoms with Gasteiger partial charge in [-0.1, -0.05) is 54.6 Å². The number of benzene rings is 2. The summed E-state index contributed by atoms with van der Waals surface area (Å²) < 4.78 is 0. The Kier molecular flexibility index (Phi) is 6.25. The molecular weight excluding hydrogens is 326 g/mol. The van der Waals surface area contributed by atoms with E-state index in [4.69, 9.17) is 0 Å². The van der Waals surface area contributed by atoms with Gasteiger partial charge in [0, 0.05) is 32.6 Å². The zero-order valence-electron chi connectivity index (χ0n) is 14.9. The lowest BCUT2D eigenvalue weighted by Gasteiger charge is -2.16. The van der Waals surface area contributed by atoms with Crippen molar-refractivity contribution in [2.75, 3.05) is 13.1 Å². The van der Waals surface area contributed by atoms with Crippen LogP contribution in [0, 0.1) is 0 Å². The second-order valence-corrected chi connectivity index (χ2v) is 6.55. The number of fused-ring (bicyclic) bond motifs is 1. The number of hydrogen-bond donors (Lipinski definition) is 2. The predicted octanol–water partition coefficient (Wildman–Crippen LogP) is 2.85.